The molecule has 9 nitrogen and oxygen atoms in total. The first-order valence-corrected chi connectivity index (χ1v) is 10.9. The van der Waals surface area contributed by atoms with Crippen molar-refractivity contribution in [1.82, 2.24) is 19.9 Å². The fraction of sp³-hybridized carbons (Fsp3) is 0.391. The van der Waals surface area contributed by atoms with Gasteiger partial charge in [0.2, 0.25) is 0 Å². The predicted molar refractivity (Wildman–Crippen MR) is 124 cm³/mol. The monoisotopic (exact) mass is 489 g/mol. The number of allylic oxidation sites excluding steroid dienone is 1. The molecule has 1 amide bonds. The maximum absolute atomic E-state index is 13.2. The highest BCUT2D eigenvalue weighted by Crippen LogP contribution is 2.40. The van der Waals surface area contributed by atoms with E-state index in [0.717, 1.165) is 24.8 Å². The van der Waals surface area contributed by atoms with E-state index < -0.39 is 18.6 Å². The van der Waals surface area contributed by atoms with Crippen LogP contribution in [-0.4, -0.2) is 64.6 Å². The van der Waals surface area contributed by atoms with Gasteiger partial charge in [-0.1, -0.05) is 0 Å². The average Bonchev–Trinajstić information content (AvgIpc) is 3.66. The minimum Gasteiger partial charge on any atom is -0.394 e. The molecule has 0 radical (unpaired) electrons. The van der Waals surface area contributed by atoms with Crippen molar-refractivity contribution in [2.75, 3.05) is 26.0 Å². The minimum atomic E-state index is -4.51. The maximum atomic E-state index is 13.2. The van der Waals surface area contributed by atoms with Gasteiger partial charge in [-0.15, -0.1) is 0 Å². The molecule has 0 unspecified atom stereocenters. The van der Waals surface area contributed by atoms with Gasteiger partial charge in [0.25, 0.3) is 5.91 Å². The molecule has 1 aliphatic carbocycles. The summed E-state index contributed by atoms with van der Waals surface area (Å²) in [6.45, 7) is -1.42. The van der Waals surface area contributed by atoms with Crippen LogP contribution in [0.4, 0.5) is 24.5 Å². The van der Waals surface area contributed by atoms with E-state index in [4.69, 9.17) is 5.73 Å². The van der Waals surface area contributed by atoms with Crippen molar-refractivity contribution in [3.63, 3.8) is 0 Å². The van der Waals surface area contributed by atoms with Gasteiger partial charge in [0.1, 0.15) is 24.3 Å². The number of aromatic nitrogens is 3. The lowest BCUT2D eigenvalue weighted by Crippen LogP contribution is -2.29. The number of nitrogens with one attached hydrogen (secondary N) is 1. The maximum Gasteiger partial charge on any atom is 0.407 e. The van der Waals surface area contributed by atoms with Crippen LogP contribution >= 0.6 is 0 Å². The number of alkyl halides is 3. The number of nitrogens with two attached hydrogens (primary N) is 1. The lowest BCUT2D eigenvalue weighted by Gasteiger charge is -2.14. The Bertz CT molecular complexity index is 1130. The number of aliphatic imine (C=N–C) groups is 1. The third-order valence-corrected chi connectivity index (χ3v) is 5.14. The Labute approximate surface area is 200 Å². The molecule has 1 aliphatic rings. The fourth-order valence-corrected chi connectivity index (χ4v) is 3.19. The molecule has 0 aromatic carbocycles. The third-order valence-electron chi connectivity index (χ3n) is 5.14. The van der Waals surface area contributed by atoms with Crippen LogP contribution < -0.4 is 11.1 Å². The van der Waals surface area contributed by atoms with Crippen molar-refractivity contribution in [1.29, 1.82) is 0 Å². The van der Waals surface area contributed by atoms with Gasteiger partial charge in [-0.2, -0.15) is 13.2 Å². The second kappa shape index (κ2) is 11.1. The lowest BCUT2D eigenvalue weighted by atomic mass is 10.0. The van der Waals surface area contributed by atoms with Crippen molar-refractivity contribution in [2.45, 2.75) is 37.8 Å². The minimum absolute atomic E-state index is 0.0469. The molecule has 1 saturated carbocycles. The van der Waals surface area contributed by atoms with Crippen LogP contribution in [0.5, 0.6) is 0 Å². The highest BCUT2D eigenvalue weighted by Gasteiger charge is 2.28. The van der Waals surface area contributed by atoms with E-state index in [0.29, 0.717) is 17.3 Å². The summed E-state index contributed by atoms with van der Waals surface area (Å²) in [6, 6.07) is 3.61. The van der Waals surface area contributed by atoms with E-state index in [1.54, 1.807) is 18.5 Å². The number of nitrogens with zero attached hydrogens (tertiary/aromatic N) is 5. The molecule has 12 heteroatoms. The summed E-state index contributed by atoms with van der Waals surface area (Å²) in [5.74, 6) is -0.654. The number of Topliss-reactive ketones (excluding diaryl/α,β-unsaturated/α-hetero) is 1. The normalized spacial score (nSPS) is 14.5. The number of carbonyl (C=O) groups excluding carboxylic acids is 2. The summed E-state index contributed by atoms with van der Waals surface area (Å²) in [5, 5.41) is 3.08. The SMILES string of the molecule is CN(C)C(=O)C(N)=C(C=NCC(F)(F)F)CCC(=O)c1nc(C2CC2)ccc1Nc1cncnc1. The number of likely N-dealkylation sites (N-methyl/N-ethyl adjacent to an activating group) is 1. The first kappa shape index (κ1) is 25.8. The summed E-state index contributed by atoms with van der Waals surface area (Å²) < 4.78 is 37.6. The largest absolute Gasteiger partial charge is 0.407 e. The zero-order valence-electron chi connectivity index (χ0n) is 19.3. The van der Waals surface area contributed by atoms with E-state index in [2.05, 4.69) is 25.3 Å². The summed E-state index contributed by atoms with van der Waals surface area (Å²) in [6.07, 6.45) is 2.61. The van der Waals surface area contributed by atoms with E-state index >= 15 is 0 Å². The molecule has 0 saturated heterocycles. The second-order valence-corrected chi connectivity index (χ2v) is 8.31. The molecular formula is C23H26F3N7O2. The van der Waals surface area contributed by atoms with Gasteiger partial charge in [0.15, 0.2) is 5.78 Å². The van der Waals surface area contributed by atoms with Gasteiger partial charge in [-0.3, -0.25) is 14.6 Å². The number of pyridine rings is 1. The molecule has 2 aromatic rings. The third kappa shape index (κ3) is 7.59. The second-order valence-electron chi connectivity index (χ2n) is 8.31. The van der Waals surface area contributed by atoms with Crippen molar-refractivity contribution >= 4 is 29.3 Å². The smallest absolute Gasteiger partial charge is 0.394 e. The molecule has 35 heavy (non-hydrogen) atoms. The number of ketones is 1. The molecule has 0 aliphatic heterocycles. The zero-order chi connectivity index (χ0) is 25.6. The first-order chi connectivity index (χ1) is 16.5. The Morgan fingerprint density at radius 3 is 2.49 bits per heavy atom. The molecule has 1 fully saturated rings. The van der Waals surface area contributed by atoms with Crippen LogP contribution in [0.15, 0.2) is 47.1 Å². The van der Waals surface area contributed by atoms with Crippen molar-refractivity contribution in [3.8, 4) is 0 Å². The zero-order valence-corrected chi connectivity index (χ0v) is 19.3. The van der Waals surface area contributed by atoms with Gasteiger partial charge < -0.3 is 16.0 Å². The standard InChI is InChI=1S/C23H26F3N7O2/c1-33(2)22(35)20(27)15(9-28-12-23(24,25)26)5-8-19(34)21-18(31-16-10-29-13-30-11-16)7-6-17(32-21)14-3-4-14/h6-7,9-11,13-14,31H,3-5,8,12,27H2,1-2H3. The summed E-state index contributed by atoms with van der Waals surface area (Å²) in [4.78, 5) is 42.5. The number of carbonyl (C=O) groups is 2. The summed E-state index contributed by atoms with van der Waals surface area (Å²) in [5.41, 5.74) is 7.67. The van der Waals surface area contributed by atoms with Crippen LogP contribution in [0, 0.1) is 0 Å². The molecule has 186 valence electrons. The van der Waals surface area contributed by atoms with Gasteiger partial charge in [-0.25, -0.2) is 15.0 Å². The lowest BCUT2D eigenvalue weighted by molar-refractivity contribution is -0.124. The van der Waals surface area contributed by atoms with Crippen LogP contribution in [0.25, 0.3) is 0 Å². The number of hydrogen-bond acceptors (Lipinski definition) is 8. The summed E-state index contributed by atoms with van der Waals surface area (Å²) >= 11 is 0. The molecule has 0 bridgehead atoms. The number of hydrogen-bond donors (Lipinski definition) is 2. The number of amides is 1. The van der Waals surface area contributed by atoms with E-state index in [1.807, 2.05) is 6.07 Å². The first-order valence-electron chi connectivity index (χ1n) is 10.9. The van der Waals surface area contributed by atoms with E-state index in [-0.39, 0.29) is 35.6 Å². The topological polar surface area (TPSA) is 126 Å². The van der Waals surface area contributed by atoms with Gasteiger partial charge in [-0.05, 0) is 37.0 Å². The predicted octanol–water partition coefficient (Wildman–Crippen LogP) is 3.39. The van der Waals surface area contributed by atoms with E-state index in [1.165, 1.54) is 25.3 Å². The highest BCUT2D eigenvalue weighted by molar-refractivity contribution is 6.02. The number of anilines is 2. The van der Waals surface area contributed by atoms with Crippen molar-refractivity contribution in [2.24, 2.45) is 10.7 Å². The van der Waals surface area contributed by atoms with Gasteiger partial charge in [0.05, 0.1) is 23.8 Å². The molecular weight excluding hydrogens is 463 g/mol. The molecule has 2 aromatic heterocycles. The van der Waals surface area contributed by atoms with Gasteiger partial charge in [0, 0.05) is 38.3 Å². The number of halogens is 3. The Kier molecular flexibility index (Phi) is 8.15. The highest BCUT2D eigenvalue weighted by atomic mass is 19.4. The quantitative estimate of drug-likeness (QED) is 0.298. The summed E-state index contributed by atoms with van der Waals surface area (Å²) in [7, 11) is 2.92. The number of rotatable bonds is 10. The molecule has 3 N–H and O–H groups in total. The van der Waals surface area contributed by atoms with Crippen LogP contribution in [-0.2, 0) is 4.79 Å². The Hall–Kier alpha value is -3.83. The fourth-order valence-electron chi connectivity index (χ4n) is 3.19. The molecule has 2 heterocycles. The van der Waals surface area contributed by atoms with Crippen LogP contribution in [0.3, 0.4) is 0 Å². The van der Waals surface area contributed by atoms with Gasteiger partial charge >= 0.3 is 6.18 Å². The van der Waals surface area contributed by atoms with Crippen molar-refractivity contribution < 1.29 is 22.8 Å². The van der Waals surface area contributed by atoms with E-state index in [9.17, 15) is 22.8 Å². The Morgan fingerprint density at radius 1 is 1.20 bits per heavy atom. The molecule has 0 atom stereocenters. The Balaban J connectivity index is 1.84. The Morgan fingerprint density at radius 2 is 1.89 bits per heavy atom. The molecule has 0 spiro atoms. The average molecular weight is 490 g/mol. The van der Waals surface area contributed by atoms with Crippen LogP contribution in [0.1, 0.15) is 47.8 Å². The van der Waals surface area contributed by atoms with Crippen LogP contribution in [0.2, 0.25) is 0 Å². The molecule has 3 rings (SSSR count). The van der Waals surface area contributed by atoms with Crippen molar-refractivity contribution in [3.05, 3.63) is 53.5 Å².